The van der Waals surface area contributed by atoms with Crippen molar-refractivity contribution in [2.75, 3.05) is 13.1 Å². The van der Waals surface area contributed by atoms with Gasteiger partial charge in [0.15, 0.2) is 5.96 Å². The predicted octanol–water partition coefficient (Wildman–Crippen LogP) is 2.20. The van der Waals surface area contributed by atoms with E-state index in [0.717, 1.165) is 26.1 Å². The van der Waals surface area contributed by atoms with E-state index in [9.17, 15) is 0 Å². The number of hydrogen-bond acceptors (Lipinski definition) is 3. The van der Waals surface area contributed by atoms with E-state index in [1.54, 1.807) is 4.88 Å². The van der Waals surface area contributed by atoms with E-state index in [1.165, 1.54) is 5.56 Å². The van der Waals surface area contributed by atoms with Gasteiger partial charge in [-0.25, -0.2) is 0 Å². The van der Waals surface area contributed by atoms with E-state index in [4.69, 9.17) is 5.73 Å². The fourth-order valence-corrected chi connectivity index (χ4v) is 3.31. The minimum Gasteiger partial charge on any atom is -0.370 e. The SMILES string of the molecule is CC(CN=C(N)NC(C)(C)C)N1CCc2sccc2C1. The first-order chi connectivity index (χ1) is 9.35. The van der Waals surface area contributed by atoms with Crippen LogP contribution in [0.5, 0.6) is 0 Å². The van der Waals surface area contributed by atoms with Crippen LogP contribution in [-0.4, -0.2) is 35.5 Å². The minimum atomic E-state index is -0.0342. The molecule has 0 aliphatic carbocycles. The molecule has 1 aromatic rings. The summed E-state index contributed by atoms with van der Waals surface area (Å²) in [7, 11) is 0. The van der Waals surface area contributed by atoms with Crippen LogP contribution in [0.15, 0.2) is 16.4 Å². The summed E-state index contributed by atoms with van der Waals surface area (Å²) in [6.45, 7) is 11.4. The number of guanidine groups is 1. The zero-order valence-electron chi connectivity index (χ0n) is 12.9. The van der Waals surface area contributed by atoms with Crippen LogP contribution in [0, 0.1) is 0 Å². The average Bonchev–Trinajstić information content (AvgIpc) is 2.80. The Balaban J connectivity index is 1.87. The highest BCUT2D eigenvalue weighted by molar-refractivity contribution is 7.10. The Kier molecular flexibility index (Phi) is 4.70. The van der Waals surface area contributed by atoms with Crippen LogP contribution in [0.4, 0.5) is 0 Å². The van der Waals surface area contributed by atoms with Crippen LogP contribution in [-0.2, 0) is 13.0 Å². The van der Waals surface area contributed by atoms with E-state index in [2.05, 4.69) is 54.4 Å². The van der Waals surface area contributed by atoms with Crippen molar-refractivity contribution >= 4 is 17.3 Å². The second-order valence-corrected chi connectivity index (χ2v) is 7.54. The molecule has 0 radical (unpaired) electrons. The molecule has 1 atom stereocenters. The van der Waals surface area contributed by atoms with Gasteiger partial charge in [0.05, 0.1) is 6.54 Å². The van der Waals surface area contributed by atoms with Gasteiger partial charge in [-0.3, -0.25) is 9.89 Å². The van der Waals surface area contributed by atoms with Gasteiger partial charge in [-0.15, -0.1) is 11.3 Å². The Labute approximate surface area is 126 Å². The van der Waals surface area contributed by atoms with Gasteiger partial charge in [-0.1, -0.05) is 0 Å². The van der Waals surface area contributed by atoms with Gasteiger partial charge in [0.2, 0.25) is 0 Å². The van der Waals surface area contributed by atoms with Gasteiger partial charge < -0.3 is 11.1 Å². The molecule has 2 heterocycles. The number of nitrogens with zero attached hydrogens (tertiary/aromatic N) is 2. The molecular formula is C15H26N4S. The van der Waals surface area contributed by atoms with Crippen molar-refractivity contribution in [3.05, 3.63) is 21.9 Å². The van der Waals surface area contributed by atoms with Crippen LogP contribution >= 0.6 is 11.3 Å². The van der Waals surface area contributed by atoms with Crippen molar-refractivity contribution < 1.29 is 0 Å². The predicted molar refractivity (Wildman–Crippen MR) is 87.3 cm³/mol. The second kappa shape index (κ2) is 6.14. The van der Waals surface area contributed by atoms with Crippen LogP contribution in [0.3, 0.4) is 0 Å². The van der Waals surface area contributed by atoms with Crippen LogP contribution < -0.4 is 11.1 Å². The molecule has 0 fully saturated rings. The number of rotatable bonds is 3. The fraction of sp³-hybridized carbons (Fsp3) is 0.667. The highest BCUT2D eigenvalue weighted by atomic mass is 32.1. The number of hydrogen-bond donors (Lipinski definition) is 2. The summed E-state index contributed by atoms with van der Waals surface area (Å²) in [6.07, 6.45) is 1.16. The maximum atomic E-state index is 5.92. The molecule has 5 heteroatoms. The Morgan fingerprint density at radius 2 is 2.30 bits per heavy atom. The number of fused-ring (bicyclic) bond motifs is 1. The first-order valence-electron chi connectivity index (χ1n) is 7.22. The first-order valence-corrected chi connectivity index (χ1v) is 8.10. The summed E-state index contributed by atoms with van der Waals surface area (Å²) in [5.74, 6) is 0.539. The number of nitrogens with one attached hydrogen (secondary N) is 1. The Bertz CT molecular complexity index is 472. The second-order valence-electron chi connectivity index (χ2n) is 6.54. The van der Waals surface area contributed by atoms with Crippen molar-refractivity contribution in [1.29, 1.82) is 0 Å². The van der Waals surface area contributed by atoms with E-state index >= 15 is 0 Å². The van der Waals surface area contributed by atoms with Crippen molar-refractivity contribution in [3.8, 4) is 0 Å². The molecule has 2 rings (SSSR count). The maximum Gasteiger partial charge on any atom is 0.189 e. The molecule has 0 saturated heterocycles. The topological polar surface area (TPSA) is 53.6 Å². The van der Waals surface area contributed by atoms with Crippen molar-refractivity contribution in [3.63, 3.8) is 0 Å². The normalized spacial score (nSPS) is 18.7. The first kappa shape index (κ1) is 15.3. The molecule has 1 aliphatic heterocycles. The summed E-state index contributed by atoms with van der Waals surface area (Å²) in [5.41, 5.74) is 7.37. The molecule has 0 amide bonds. The lowest BCUT2D eigenvalue weighted by molar-refractivity contribution is 0.197. The third-order valence-electron chi connectivity index (χ3n) is 3.49. The van der Waals surface area contributed by atoms with E-state index in [0.29, 0.717) is 12.0 Å². The van der Waals surface area contributed by atoms with E-state index in [1.807, 2.05) is 11.3 Å². The summed E-state index contributed by atoms with van der Waals surface area (Å²) >= 11 is 1.88. The summed E-state index contributed by atoms with van der Waals surface area (Å²) in [6, 6.07) is 2.67. The Hall–Kier alpha value is -1.07. The van der Waals surface area contributed by atoms with Crippen molar-refractivity contribution in [1.82, 2.24) is 10.2 Å². The summed E-state index contributed by atoms with van der Waals surface area (Å²) < 4.78 is 0. The van der Waals surface area contributed by atoms with Crippen LogP contribution in [0.25, 0.3) is 0 Å². The quantitative estimate of drug-likeness (QED) is 0.664. The van der Waals surface area contributed by atoms with Gasteiger partial charge in [0.25, 0.3) is 0 Å². The van der Waals surface area contributed by atoms with Gasteiger partial charge in [0.1, 0.15) is 0 Å². The average molecular weight is 294 g/mol. The van der Waals surface area contributed by atoms with Gasteiger partial charge in [-0.05, 0) is 51.1 Å². The lowest BCUT2D eigenvalue weighted by Crippen LogP contribution is -2.46. The minimum absolute atomic E-state index is 0.0342. The molecule has 1 unspecified atom stereocenters. The molecule has 4 nitrogen and oxygen atoms in total. The lowest BCUT2D eigenvalue weighted by Gasteiger charge is -2.31. The smallest absolute Gasteiger partial charge is 0.189 e. The zero-order valence-corrected chi connectivity index (χ0v) is 13.8. The molecule has 20 heavy (non-hydrogen) atoms. The highest BCUT2D eigenvalue weighted by Crippen LogP contribution is 2.25. The maximum absolute atomic E-state index is 5.92. The molecule has 1 aliphatic rings. The van der Waals surface area contributed by atoms with Crippen LogP contribution in [0.1, 0.15) is 38.1 Å². The zero-order chi connectivity index (χ0) is 14.8. The molecular weight excluding hydrogens is 268 g/mol. The molecule has 0 aromatic carbocycles. The lowest BCUT2D eigenvalue weighted by atomic mass is 10.1. The standard InChI is InChI=1S/C15H26N4S/c1-11(9-17-14(16)18-15(2,3)4)19-7-5-13-12(10-19)6-8-20-13/h6,8,11H,5,7,9-10H2,1-4H3,(H3,16,17,18). The highest BCUT2D eigenvalue weighted by Gasteiger charge is 2.21. The molecule has 3 N–H and O–H groups in total. The van der Waals surface area contributed by atoms with Gasteiger partial charge in [0, 0.05) is 29.5 Å². The van der Waals surface area contributed by atoms with E-state index < -0.39 is 0 Å². The summed E-state index contributed by atoms with van der Waals surface area (Å²) in [4.78, 5) is 8.51. The number of aliphatic imine (C=N–C) groups is 1. The monoisotopic (exact) mass is 294 g/mol. The van der Waals surface area contributed by atoms with E-state index in [-0.39, 0.29) is 5.54 Å². The Morgan fingerprint density at radius 3 is 3.00 bits per heavy atom. The molecule has 0 bridgehead atoms. The molecule has 0 spiro atoms. The molecule has 1 aromatic heterocycles. The molecule has 112 valence electrons. The Morgan fingerprint density at radius 1 is 1.55 bits per heavy atom. The largest absolute Gasteiger partial charge is 0.370 e. The summed E-state index contributed by atoms with van der Waals surface area (Å²) in [5, 5.41) is 5.40. The number of nitrogens with two attached hydrogens (primary N) is 1. The van der Waals surface area contributed by atoms with Crippen molar-refractivity contribution in [2.24, 2.45) is 10.7 Å². The van der Waals surface area contributed by atoms with Crippen LogP contribution in [0.2, 0.25) is 0 Å². The van der Waals surface area contributed by atoms with Crippen molar-refractivity contribution in [2.45, 2.75) is 52.2 Å². The number of thiophene rings is 1. The third kappa shape index (κ3) is 4.21. The fourth-order valence-electron chi connectivity index (χ4n) is 2.42. The van der Waals surface area contributed by atoms with Gasteiger partial charge >= 0.3 is 0 Å². The molecule has 0 saturated carbocycles. The van der Waals surface area contributed by atoms with Gasteiger partial charge in [-0.2, -0.15) is 0 Å². The third-order valence-corrected chi connectivity index (χ3v) is 4.51.